The molecule has 1 fully saturated rings. The van der Waals surface area contributed by atoms with Crippen LogP contribution in [0.5, 0.6) is 0 Å². The van der Waals surface area contributed by atoms with Gasteiger partial charge in [-0.15, -0.1) is 0 Å². The second kappa shape index (κ2) is 4.12. The predicted octanol–water partition coefficient (Wildman–Crippen LogP) is 2.35. The molecule has 2 rings (SSSR count). The molecule has 1 aromatic rings. The van der Waals surface area contributed by atoms with Gasteiger partial charge in [0.15, 0.2) is 0 Å². The number of ether oxygens (including phenoxy) is 1. The summed E-state index contributed by atoms with van der Waals surface area (Å²) >= 11 is 6.00. The minimum absolute atomic E-state index is 0.0963. The van der Waals surface area contributed by atoms with Gasteiger partial charge in [-0.2, -0.15) is 0 Å². The van der Waals surface area contributed by atoms with E-state index in [1.165, 1.54) is 5.56 Å². The van der Waals surface area contributed by atoms with E-state index in [9.17, 15) is 0 Å². The molecular formula is C12H16ClNO. The summed E-state index contributed by atoms with van der Waals surface area (Å²) in [4.78, 5) is 0. The summed E-state index contributed by atoms with van der Waals surface area (Å²) in [6.45, 7) is 0.723. The number of hydrogen-bond donors (Lipinski definition) is 1. The monoisotopic (exact) mass is 225 g/mol. The number of hydrogen-bond acceptors (Lipinski definition) is 2. The Hall–Kier alpha value is -0.570. The molecule has 2 N–H and O–H groups in total. The van der Waals surface area contributed by atoms with Gasteiger partial charge in [-0.05, 0) is 30.5 Å². The van der Waals surface area contributed by atoms with Crippen molar-refractivity contribution in [1.29, 1.82) is 0 Å². The van der Waals surface area contributed by atoms with Crippen LogP contribution in [0.3, 0.4) is 0 Å². The Morgan fingerprint density at radius 1 is 1.53 bits per heavy atom. The fourth-order valence-corrected chi connectivity index (χ4v) is 2.67. The van der Waals surface area contributed by atoms with Crippen LogP contribution >= 0.6 is 11.6 Å². The highest BCUT2D eigenvalue weighted by molar-refractivity contribution is 6.30. The molecule has 2 nitrogen and oxygen atoms in total. The van der Waals surface area contributed by atoms with E-state index in [4.69, 9.17) is 22.1 Å². The molecule has 0 amide bonds. The maximum atomic E-state index is 6.00. The zero-order chi connectivity index (χ0) is 10.9. The summed E-state index contributed by atoms with van der Waals surface area (Å²) in [7, 11) is 1.73. The lowest BCUT2D eigenvalue weighted by Gasteiger charge is -2.46. The summed E-state index contributed by atoms with van der Waals surface area (Å²) in [5, 5.41) is 0.781. The average Bonchev–Trinajstić information content (AvgIpc) is 2.15. The number of nitrogens with two attached hydrogens (primary N) is 1. The van der Waals surface area contributed by atoms with Crippen molar-refractivity contribution in [1.82, 2.24) is 0 Å². The molecule has 1 aromatic carbocycles. The van der Waals surface area contributed by atoms with Crippen LogP contribution in [0.15, 0.2) is 24.3 Å². The smallest absolute Gasteiger partial charge is 0.0560 e. The fraction of sp³-hybridized carbons (Fsp3) is 0.500. The van der Waals surface area contributed by atoms with Crippen LogP contribution in [0, 0.1) is 0 Å². The van der Waals surface area contributed by atoms with Gasteiger partial charge in [0.25, 0.3) is 0 Å². The van der Waals surface area contributed by atoms with Crippen molar-refractivity contribution >= 4 is 11.6 Å². The van der Waals surface area contributed by atoms with E-state index >= 15 is 0 Å². The number of rotatable bonds is 3. The highest BCUT2D eigenvalue weighted by atomic mass is 35.5. The third kappa shape index (κ3) is 2.03. The van der Waals surface area contributed by atoms with Gasteiger partial charge in [0.2, 0.25) is 0 Å². The highest BCUT2D eigenvalue weighted by Crippen LogP contribution is 2.43. The lowest BCUT2D eigenvalue weighted by molar-refractivity contribution is 0.0662. The first-order valence-corrected chi connectivity index (χ1v) is 5.55. The Labute approximate surface area is 95.4 Å². The maximum Gasteiger partial charge on any atom is 0.0560 e. The van der Waals surface area contributed by atoms with E-state index in [1.54, 1.807) is 7.11 Å². The first-order chi connectivity index (χ1) is 7.16. The van der Waals surface area contributed by atoms with Gasteiger partial charge < -0.3 is 10.5 Å². The zero-order valence-corrected chi connectivity index (χ0v) is 9.63. The zero-order valence-electron chi connectivity index (χ0n) is 8.87. The third-order valence-corrected chi connectivity index (χ3v) is 3.40. The molecule has 1 aliphatic rings. The molecule has 1 aliphatic carbocycles. The number of halogens is 1. The largest absolute Gasteiger partial charge is 0.384 e. The van der Waals surface area contributed by atoms with Crippen molar-refractivity contribution in [3.63, 3.8) is 0 Å². The SMILES string of the molecule is COCC1(c2cccc(Cl)c2)CC(N)C1. The van der Waals surface area contributed by atoms with E-state index in [-0.39, 0.29) is 5.41 Å². The standard InChI is InChI=1S/C12H16ClNO/c1-15-8-12(6-11(14)7-12)9-3-2-4-10(13)5-9/h2-5,11H,6-8,14H2,1H3. The van der Waals surface area contributed by atoms with E-state index in [0.29, 0.717) is 6.04 Å². The minimum Gasteiger partial charge on any atom is -0.384 e. The molecule has 0 spiro atoms. The average molecular weight is 226 g/mol. The van der Waals surface area contributed by atoms with Gasteiger partial charge in [0.05, 0.1) is 6.61 Å². The van der Waals surface area contributed by atoms with Gasteiger partial charge in [-0.25, -0.2) is 0 Å². The molecule has 0 heterocycles. The molecular weight excluding hydrogens is 210 g/mol. The van der Waals surface area contributed by atoms with Gasteiger partial charge in [-0.3, -0.25) is 0 Å². The van der Waals surface area contributed by atoms with Gasteiger partial charge in [0, 0.05) is 23.6 Å². The molecule has 1 saturated carbocycles. The van der Waals surface area contributed by atoms with E-state index in [1.807, 2.05) is 18.2 Å². The molecule has 0 saturated heterocycles. The fourth-order valence-electron chi connectivity index (χ4n) is 2.48. The van der Waals surface area contributed by atoms with Crippen LogP contribution in [0.25, 0.3) is 0 Å². The minimum atomic E-state index is 0.0963. The van der Waals surface area contributed by atoms with E-state index < -0.39 is 0 Å². The normalized spacial score (nSPS) is 29.9. The second-order valence-electron chi connectivity index (χ2n) is 4.39. The van der Waals surface area contributed by atoms with Gasteiger partial charge >= 0.3 is 0 Å². The number of methoxy groups -OCH3 is 1. The summed E-state index contributed by atoms with van der Waals surface area (Å²) in [5.74, 6) is 0. The summed E-state index contributed by atoms with van der Waals surface area (Å²) in [6.07, 6.45) is 1.97. The quantitative estimate of drug-likeness (QED) is 0.857. The Morgan fingerprint density at radius 3 is 2.80 bits per heavy atom. The van der Waals surface area contributed by atoms with Crippen LogP contribution in [0.1, 0.15) is 18.4 Å². The van der Waals surface area contributed by atoms with Crippen molar-refractivity contribution < 1.29 is 4.74 Å². The van der Waals surface area contributed by atoms with Crippen molar-refractivity contribution in [3.05, 3.63) is 34.9 Å². The van der Waals surface area contributed by atoms with Gasteiger partial charge in [0.1, 0.15) is 0 Å². The summed E-state index contributed by atoms with van der Waals surface area (Å²) in [5.41, 5.74) is 7.22. The molecule has 0 aromatic heterocycles. The summed E-state index contributed by atoms with van der Waals surface area (Å²) < 4.78 is 5.29. The molecule has 0 aliphatic heterocycles. The second-order valence-corrected chi connectivity index (χ2v) is 4.83. The lowest BCUT2D eigenvalue weighted by Crippen LogP contribution is -2.51. The van der Waals surface area contributed by atoms with Crippen LogP contribution in [0.4, 0.5) is 0 Å². The highest BCUT2D eigenvalue weighted by Gasteiger charge is 2.43. The van der Waals surface area contributed by atoms with Crippen LogP contribution < -0.4 is 5.73 Å². The predicted molar refractivity (Wildman–Crippen MR) is 62.2 cm³/mol. The van der Waals surface area contributed by atoms with E-state index in [2.05, 4.69) is 6.07 Å². The topological polar surface area (TPSA) is 35.2 Å². The van der Waals surface area contributed by atoms with Crippen molar-refractivity contribution in [2.45, 2.75) is 24.3 Å². The van der Waals surface area contributed by atoms with Crippen LogP contribution in [-0.4, -0.2) is 19.8 Å². The lowest BCUT2D eigenvalue weighted by atomic mass is 9.62. The molecule has 0 bridgehead atoms. The van der Waals surface area contributed by atoms with Gasteiger partial charge in [-0.1, -0.05) is 23.7 Å². The molecule has 82 valence electrons. The molecule has 3 heteroatoms. The Morgan fingerprint density at radius 2 is 2.27 bits per heavy atom. The summed E-state index contributed by atoms with van der Waals surface area (Å²) in [6, 6.07) is 8.31. The van der Waals surface area contributed by atoms with Crippen molar-refractivity contribution in [2.75, 3.05) is 13.7 Å². The molecule has 0 atom stereocenters. The third-order valence-electron chi connectivity index (χ3n) is 3.16. The van der Waals surface area contributed by atoms with Crippen LogP contribution in [0.2, 0.25) is 5.02 Å². The first kappa shape index (κ1) is 10.9. The number of benzene rings is 1. The van der Waals surface area contributed by atoms with Crippen molar-refractivity contribution in [2.24, 2.45) is 5.73 Å². The Balaban J connectivity index is 2.26. The molecule has 0 unspecified atom stereocenters. The Kier molecular flexibility index (Phi) is 3.01. The Bertz CT molecular complexity index is 342. The van der Waals surface area contributed by atoms with E-state index in [0.717, 1.165) is 24.5 Å². The van der Waals surface area contributed by atoms with Crippen LogP contribution in [-0.2, 0) is 10.2 Å². The van der Waals surface area contributed by atoms with Crippen molar-refractivity contribution in [3.8, 4) is 0 Å². The first-order valence-electron chi connectivity index (χ1n) is 5.17. The molecule has 0 radical (unpaired) electrons. The maximum absolute atomic E-state index is 6.00. The molecule has 15 heavy (non-hydrogen) atoms.